The lowest BCUT2D eigenvalue weighted by atomic mass is 9.80. The maximum Gasteiger partial charge on any atom is 0.434 e. The summed E-state index contributed by atoms with van der Waals surface area (Å²) in [5.41, 5.74) is 1.11. The summed E-state index contributed by atoms with van der Waals surface area (Å²) in [6.45, 7) is 14.9. The van der Waals surface area contributed by atoms with Gasteiger partial charge in [0.25, 0.3) is 0 Å². The van der Waals surface area contributed by atoms with Crippen LogP contribution < -0.4 is 0 Å². The van der Waals surface area contributed by atoms with Gasteiger partial charge in [-0.25, -0.2) is 9.97 Å². The summed E-state index contributed by atoms with van der Waals surface area (Å²) in [5, 5.41) is 18.6. The van der Waals surface area contributed by atoms with E-state index in [2.05, 4.69) is 59.2 Å². The number of pyridine rings is 2. The van der Waals surface area contributed by atoms with Crippen LogP contribution in [0, 0.1) is 11.8 Å². The molecule has 0 amide bonds. The highest BCUT2D eigenvalue weighted by atomic mass is 28.3. The average Bonchev–Trinajstić information content (AvgIpc) is 3.87. The Morgan fingerprint density at radius 1 is 0.581 bits per heavy atom. The molecule has 2 N–H and O–H groups in total. The highest BCUT2D eigenvalue weighted by molar-refractivity contribution is 6.76. The number of aliphatic hydroxyl groups is 2. The van der Waals surface area contributed by atoms with E-state index < -0.39 is 39.9 Å². The largest absolute Gasteiger partial charge is 0.434 e. The minimum Gasteiger partial charge on any atom is -0.396 e. The summed E-state index contributed by atoms with van der Waals surface area (Å²) in [4.78, 5) is 16.8. The smallest absolute Gasteiger partial charge is 0.396 e. The van der Waals surface area contributed by atoms with Crippen molar-refractivity contribution >= 4 is 16.1 Å². The molecule has 62 heavy (non-hydrogen) atoms. The van der Waals surface area contributed by atoms with E-state index in [4.69, 9.17) is 9.47 Å². The van der Waals surface area contributed by atoms with Gasteiger partial charge in [0.1, 0.15) is 25.1 Å². The molecule has 0 atom stereocenters. The molecule has 0 aromatic carbocycles. The van der Waals surface area contributed by atoms with Gasteiger partial charge < -0.3 is 28.8 Å². The van der Waals surface area contributed by atoms with Gasteiger partial charge in [0.15, 0.2) is 11.4 Å². The van der Waals surface area contributed by atoms with Crippen LogP contribution in [0.15, 0.2) is 49.1 Å². The normalized spacial score (nSPS) is 20.2. The van der Waals surface area contributed by atoms with Gasteiger partial charge in [0.2, 0.25) is 0 Å². The van der Waals surface area contributed by atoms with E-state index in [-0.39, 0.29) is 38.3 Å². The monoisotopic (exact) mass is 910 g/mol. The minimum absolute atomic E-state index is 0.0236. The molecule has 4 aromatic rings. The number of ether oxygens (including phenoxy) is 2. The van der Waals surface area contributed by atoms with Crippen molar-refractivity contribution in [3.05, 3.63) is 71.8 Å². The molecular weight excluding hydrogens is 847 g/mol. The fraction of sp³-hybridized carbons (Fsp3) is 0.636. The van der Waals surface area contributed by atoms with Gasteiger partial charge in [-0.05, 0) is 99.6 Å². The van der Waals surface area contributed by atoms with Crippen LogP contribution in [0.2, 0.25) is 51.4 Å². The van der Waals surface area contributed by atoms with Gasteiger partial charge in [0.05, 0.1) is 0 Å². The summed E-state index contributed by atoms with van der Waals surface area (Å²) in [6.07, 6.45) is 3.95. The molecule has 2 fully saturated rings. The Balaban J connectivity index is 0.000000234. The fourth-order valence-corrected chi connectivity index (χ4v) is 9.20. The topological polar surface area (TPSA) is 120 Å². The van der Waals surface area contributed by atoms with Crippen LogP contribution in [0.5, 0.6) is 0 Å². The predicted molar refractivity (Wildman–Crippen MR) is 233 cm³/mol. The average molecular weight is 911 g/mol. The maximum atomic E-state index is 13.3. The number of aliphatic hydroxyl groups excluding tert-OH is 2. The van der Waals surface area contributed by atoms with Crippen LogP contribution in [-0.2, 0) is 35.3 Å². The van der Waals surface area contributed by atoms with Crippen LogP contribution in [0.25, 0.3) is 22.8 Å². The molecule has 0 saturated heterocycles. The lowest BCUT2D eigenvalue weighted by Gasteiger charge is -2.26. The molecule has 18 heteroatoms. The van der Waals surface area contributed by atoms with Crippen molar-refractivity contribution in [1.82, 2.24) is 29.1 Å². The van der Waals surface area contributed by atoms with Crippen molar-refractivity contribution < 1.29 is 46.0 Å². The summed E-state index contributed by atoms with van der Waals surface area (Å²) in [6, 6.07) is 9.24. The van der Waals surface area contributed by atoms with Crippen molar-refractivity contribution in [3.63, 3.8) is 0 Å². The van der Waals surface area contributed by atoms with E-state index in [0.29, 0.717) is 48.0 Å². The fourth-order valence-electron chi connectivity index (χ4n) is 7.68. The lowest BCUT2D eigenvalue weighted by Crippen LogP contribution is -2.22. The third-order valence-electron chi connectivity index (χ3n) is 11.7. The second-order valence-corrected chi connectivity index (χ2v) is 30.5. The molecule has 2 aliphatic carbocycles. The van der Waals surface area contributed by atoms with E-state index in [9.17, 15) is 36.6 Å². The maximum absolute atomic E-state index is 13.3. The van der Waals surface area contributed by atoms with Gasteiger partial charge in [-0.2, -0.15) is 26.3 Å². The van der Waals surface area contributed by atoms with Crippen molar-refractivity contribution in [3.8, 4) is 22.8 Å². The minimum atomic E-state index is -4.52. The van der Waals surface area contributed by atoms with E-state index >= 15 is 0 Å². The van der Waals surface area contributed by atoms with Gasteiger partial charge in [0, 0.05) is 102 Å². The molecule has 0 unspecified atom stereocenters. The molecule has 2 saturated carbocycles. The first-order chi connectivity index (χ1) is 29.1. The summed E-state index contributed by atoms with van der Waals surface area (Å²) in [7, 11) is -2.56. The van der Waals surface area contributed by atoms with Crippen LogP contribution >= 0.6 is 0 Å². The highest BCUT2D eigenvalue weighted by Crippen LogP contribution is 2.38. The Kier molecular flexibility index (Phi) is 17.2. The Hall–Kier alpha value is -3.43. The summed E-state index contributed by atoms with van der Waals surface area (Å²) >= 11 is 0. The van der Waals surface area contributed by atoms with Gasteiger partial charge in [-0.15, -0.1) is 0 Å². The first-order valence-electron chi connectivity index (χ1n) is 21.7. The molecule has 10 nitrogen and oxygen atoms in total. The first-order valence-corrected chi connectivity index (χ1v) is 29.1. The first kappa shape index (κ1) is 49.6. The molecular formula is C44H64F6N6O4Si2. The Bertz CT molecular complexity index is 1820. The van der Waals surface area contributed by atoms with Gasteiger partial charge >= 0.3 is 12.4 Å². The molecule has 0 aliphatic heterocycles. The molecule has 344 valence electrons. The van der Waals surface area contributed by atoms with Crippen molar-refractivity contribution in [2.24, 2.45) is 11.8 Å². The van der Waals surface area contributed by atoms with Crippen LogP contribution in [0.1, 0.15) is 86.0 Å². The van der Waals surface area contributed by atoms with Gasteiger partial charge in [-0.1, -0.05) is 39.3 Å². The molecule has 0 bridgehead atoms. The van der Waals surface area contributed by atoms with Crippen LogP contribution in [0.4, 0.5) is 26.3 Å². The lowest BCUT2D eigenvalue weighted by molar-refractivity contribution is -0.141. The highest BCUT2D eigenvalue weighted by Gasteiger charge is 2.36. The Morgan fingerprint density at radius 2 is 0.935 bits per heavy atom. The standard InChI is InChI=1S/2C22H32F3N3O2Si/c2*1-31(2,3)11-10-30-15-28-13-20(22(23,24)25)27-21(28)18-8-9-19(26-12-18)17-6-4-16(14-29)5-7-17/h2*8-9,12-13,16-17,29H,4-7,10-11,14-15H2,1-3H3. The molecule has 4 heterocycles. The quantitative estimate of drug-likeness (QED) is 0.0648. The number of aromatic nitrogens is 6. The number of hydrogen-bond acceptors (Lipinski definition) is 8. The van der Waals surface area contributed by atoms with Crippen LogP contribution in [-0.4, -0.2) is 81.9 Å². The number of imidazole rings is 2. The SMILES string of the molecule is C[Si](C)(C)CCOCn1cc(C(F)(F)F)nc1-c1ccc(C2CCC(CO)CC2)nc1.C[Si](C)(C)CCOCn1cc(C(F)(F)F)nc1-c1ccc(C2CCC(CO)CC2)nc1. The zero-order chi connectivity index (χ0) is 45.3. The second kappa shape index (κ2) is 21.5. The van der Waals surface area contributed by atoms with E-state index in [1.54, 1.807) is 24.5 Å². The second-order valence-electron chi connectivity index (χ2n) is 19.3. The molecule has 4 aromatic heterocycles. The van der Waals surface area contributed by atoms with Crippen molar-refractivity contribution in [2.45, 2.75) is 140 Å². The third-order valence-corrected chi connectivity index (χ3v) is 15.1. The third kappa shape index (κ3) is 14.8. The van der Waals surface area contributed by atoms with Crippen molar-refractivity contribution in [2.75, 3.05) is 26.4 Å². The number of halogens is 6. The number of rotatable bonds is 16. The Labute approximate surface area is 363 Å². The number of hydrogen-bond donors (Lipinski definition) is 2. The Morgan fingerprint density at radius 3 is 1.21 bits per heavy atom. The summed E-state index contributed by atoms with van der Waals surface area (Å²) in [5.74, 6) is 1.81. The molecule has 2 aliphatic rings. The van der Waals surface area contributed by atoms with E-state index in [0.717, 1.165) is 87.2 Å². The molecule has 0 spiro atoms. The van der Waals surface area contributed by atoms with Crippen molar-refractivity contribution in [1.29, 1.82) is 0 Å². The van der Waals surface area contributed by atoms with E-state index in [1.165, 1.54) is 9.13 Å². The predicted octanol–water partition coefficient (Wildman–Crippen LogP) is 11.1. The molecule has 0 radical (unpaired) electrons. The van der Waals surface area contributed by atoms with Crippen LogP contribution in [0.3, 0.4) is 0 Å². The molecule has 6 rings (SSSR count). The number of nitrogens with zero attached hydrogens (tertiary/aromatic N) is 6. The zero-order valence-electron chi connectivity index (χ0n) is 36.9. The summed E-state index contributed by atoms with van der Waals surface area (Å²) < 4.78 is 93.8. The number of alkyl halides is 6. The van der Waals surface area contributed by atoms with E-state index in [1.807, 2.05) is 12.1 Å². The zero-order valence-corrected chi connectivity index (χ0v) is 38.9. The van der Waals surface area contributed by atoms with Gasteiger partial charge in [-0.3, -0.25) is 9.97 Å².